The zero-order valence-corrected chi connectivity index (χ0v) is 45.5. The molecule has 1 unspecified atom stereocenters. The summed E-state index contributed by atoms with van der Waals surface area (Å²) in [5.41, 5.74) is 8.93. The molecule has 388 valence electrons. The Balaban J connectivity index is 0.000000426. The van der Waals surface area contributed by atoms with Gasteiger partial charge in [-0.1, -0.05) is 139 Å². The SMILES string of the molecule is CC(C)(C)C1CCC(=CCCC=O)CC1.CC1CC(=CCCC=O)CC(C)(C)C1.CC1CCC(=CCCC=O)CC1.O=CCCC=C1CCCCCCC1.O=CCCCCC=C1CCCCCC1. The first-order valence-electron chi connectivity index (χ1n) is 28.3. The quantitative estimate of drug-likeness (QED) is 0.0628. The van der Waals surface area contributed by atoms with Gasteiger partial charge in [-0.15, -0.1) is 0 Å². The zero-order chi connectivity index (χ0) is 50.1. The number of unbranched alkanes of at least 4 members (excludes halogenated alkanes) is 7. The summed E-state index contributed by atoms with van der Waals surface area (Å²) in [4.78, 5) is 50.7. The van der Waals surface area contributed by atoms with Gasteiger partial charge in [-0.2, -0.15) is 0 Å². The van der Waals surface area contributed by atoms with Crippen LogP contribution in [0.15, 0.2) is 58.2 Å². The molecule has 68 heavy (non-hydrogen) atoms. The van der Waals surface area contributed by atoms with Crippen molar-refractivity contribution >= 4 is 31.4 Å². The second-order valence-corrected chi connectivity index (χ2v) is 23.1. The first-order chi connectivity index (χ1) is 32.8. The Morgan fingerprint density at radius 2 is 0.750 bits per heavy atom. The van der Waals surface area contributed by atoms with E-state index in [1.54, 1.807) is 27.9 Å². The van der Waals surface area contributed by atoms with Crippen molar-refractivity contribution in [2.24, 2.45) is 28.6 Å². The van der Waals surface area contributed by atoms with E-state index in [4.69, 9.17) is 0 Å². The van der Waals surface area contributed by atoms with E-state index in [0.29, 0.717) is 36.5 Å². The molecular formula is C63H106O5. The number of rotatable bonds is 17. The molecule has 0 aromatic rings. The highest BCUT2D eigenvalue weighted by Crippen LogP contribution is 2.42. The molecule has 0 N–H and O–H groups in total. The molecule has 0 spiro atoms. The Labute approximate surface area is 420 Å². The van der Waals surface area contributed by atoms with Crippen LogP contribution in [0.3, 0.4) is 0 Å². The molecule has 0 saturated heterocycles. The Morgan fingerprint density at radius 1 is 0.412 bits per heavy atom. The zero-order valence-electron chi connectivity index (χ0n) is 45.5. The third kappa shape index (κ3) is 35.2. The van der Waals surface area contributed by atoms with Crippen LogP contribution < -0.4 is 0 Å². The smallest absolute Gasteiger partial charge is 0.120 e. The van der Waals surface area contributed by atoms with Crippen LogP contribution in [0.2, 0.25) is 0 Å². The second-order valence-electron chi connectivity index (χ2n) is 23.1. The van der Waals surface area contributed by atoms with E-state index >= 15 is 0 Å². The van der Waals surface area contributed by atoms with Crippen LogP contribution in [-0.2, 0) is 24.0 Å². The molecule has 0 aromatic carbocycles. The summed E-state index contributed by atoms with van der Waals surface area (Å²) in [6.45, 7) is 16.4. The van der Waals surface area contributed by atoms with Crippen molar-refractivity contribution < 1.29 is 24.0 Å². The van der Waals surface area contributed by atoms with E-state index in [9.17, 15) is 24.0 Å². The molecule has 5 rings (SSSR count). The van der Waals surface area contributed by atoms with Crippen LogP contribution in [0.5, 0.6) is 0 Å². The van der Waals surface area contributed by atoms with Crippen molar-refractivity contribution in [1.29, 1.82) is 0 Å². The van der Waals surface area contributed by atoms with Crippen molar-refractivity contribution in [1.82, 2.24) is 0 Å². The molecular weight excluding hydrogens is 837 g/mol. The largest absolute Gasteiger partial charge is 0.303 e. The first kappa shape index (κ1) is 63.1. The molecule has 0 radical (unpaired) electrons. The van der Waals surface area contributed by atoms with Gasteiger partial charge in [0.2, 0.25) is 0 Å². The number of carbonyl (C=O) groups is 5. The van der Waals surface area contributed by atoms with Crippen molar-refractivity contribution in [3.05, 3.63) is 58.2 Å². The van der Waals surface area contributed by atoms with Crippen molar-refractivity contribution in [3.8, 4) is 0 Å². The number of carbonyl (C=O) groups excluding carboxylic acids is 5. The lowest BCUT2D eigenvalue weighted by Crippen LogP contribution is -2.23. The fourth-order valence-corrected chi connectivity index (χ4v) is 10.8. The summed E-state index contributed by atoms with van der Waals surface area (Å²) in [7, 11) is 0. The molecule has 5 fully saturated rings. The molecule has 1 atom stereocenters. The molecule has 5 aliphatic rings. The summed E-state index contributed by atoms with van der Waals surface area (Å²) in [5.74, 6) is 2.59. The number of hydrogen-bond donors (Lipinski definition) is 0. The Kier molecular flexibility index (Phi) is 37.8. The lowest BCUT2D eigenvalue weighted by atomic mass is 9.70. The maximum atomic E-state index is 10.2. The minimum Gasteiger partial charge on any atom is -0.303 e. The maximum absolute atomic E-state index is 10.2. The van der Waals surface area contributed by atoms with E-state index in [0.717, 1.165) is 87.7 Å². The molecule has 5 nitrogen and oxygen atoms in total. The number of hydrogen-bond acceptors (Lipinski definition) is 5. The molecule has 0 amide bonds. The van der Waals surface area contributed by atoms with Gasteiger partial charge in [-0.25, -0.2) is 0 Å². The average molecular weight is 944 g/mol. The van der Waals surface area contributed by atoms with Crippen LogP contribution in [-0.4, -0.2) is 31.4 Å². The van der Waals surface area contributed by atoms with Gasteiger partial charge in [0, 0.05) is 32.1 Å². The Morgan fingerprint density at radius 3 is 1.13 bits per heavy atom. The van der Waals surface area contributed by atoms with E-state index in [1.807, 2.05) is 0 Å². The normalized spacial score (nSPS) is 22.4. The molecule has 0 heterocycles. The molecule has 0 aromatic heterocycles. The summed E-state index contributed by atoms with van der Waals surface area (Å²) in [6, 6.07) is 0. The molecule has 5 saturated carbocycles. The molecule has 5 heteroatoms. The fraction of sp³-hybridized carbons (Fsp3) is 0.762. The molecule has 5 aliphatic carbocycles. The fourth-order valence-electron chi connectivity index (χ4n) is 10.8. The van der Waals surface area contributed by atoms with Gasteiger partial charge >= 0.3 is 0 Å². The van der Waals surface area contributed by atoms with Gasteiger partial charge < -0.3 is 24.0 Å². The van der Waals surface area contributed by atoms with Gasteiger partial charge in [0.1, 0.15) is 31.4 Å². The summed E-state index contributed by atoms with van der Waals surface area (Å²) >= 11 is 0. The van der Waals surface area contributed by atoms with Crippen LogP contribution in [0.25, 0.3) is 0 Å². The highest BCUT2D eigenvalue weighted by molar-refractivity contribution is 5.50. The maximum Gasteiger partial charge on any atom is 0.120 e. The van der Waals surface area contributed by atoms with Gasteiger partial charge in [0.05, 0.1) is 0 Å². The highest BCUT2D eigenvalue weighted by atomic mass is 16.1. The molecule has 0 bridgehead atoms. The molecule has 0 aliphatic heterocycles. The van der Waals surface area contributed by atoms with Gasteiger partial charge in [0.25, 0.3) is 0 Å². The van der Waals surface area contributed by atoms with Gasteiger partial charge in [-0.3, -0.25) is 0 Å². The average Bonchev–Trinajstić information content (AvgIpc) is 3.57. The minimum atomic E-state index is 0.463. The predicted molar refractivity (Wildman–Crippen MR) is 292 cm³/mol. The lowest BCUT2D eigenvalue weighted by molar-refractivity contribution is -0.108. The monoisotopic (exact) mass is 943 g/mol. The van der Waals surface area contributed by atoms with Gasteiger partial charge in [-0.05, 0) is 196 Å². The van der Waals surface area contributed by atoms with Crippen LogP contribution in [0, 0.1) is 28.6 Å². The van der Waals surface area contributed by atoms with Crippen LogP contribution in [0.1, 0.15) is 280 Å². The van der Waals surface area contributed by atoms with Crippen molar-refractivity contribution in [3.63, 3.8) is 0 Å². The van der Waals surface area contributed by atoms with E-state index in [1.165, 1.54) is 167 Å². The summed E-state index contributed by atoms with van der Waals surface area (Å²) < 4.78 is 0. The number of allylic oxidation sites excluding steroid dienone is 10. The lowest BCUT2D eigenvalue weighted by Gasteiger charge is -2.35. The van der Waals surface area contributed by atoms with Crippen LogP contribution in [0.4, 0.5) is 0 Å². The predicted octanol–water partition coefficient (Wildman–Crippen LogP) is 18.6. The third-order valence-electron chi connectivity index (χ3n) is 14.8. The Hall–Kier alpha value is -2.95. The topological polar surface area (TPSA) is 85.3 Å². The van der Waals surface area contributed by atoms with Crippen molar-refractivity contribution in [2.45, 2.75) is 280 Å². The number of aldehydes is 5. The van der Waals surface area contributed by atoms with Gasteiger partial charge in [0.15, 0.2) is 0 Å². The highest BCUT2D eigenvalue weighted by Gasteiger charge is 2.28. The summed E-state index contributed by atoms with van der Waals surface area (Å²) in [5, 5.41) is 0. The third-order valence-corrected chi connectivity index (χ3v) is 14.8. The second kappa shape index (κ2) is 40.7. The van der Waals surface area contributed by atoms with E-state index < -0.39 is 0 Å². The summed E-state index contributed by atoms with van der Waals surface area (Å²) in [6.07, 6.45) is 59.2. The van der Waals surface area contributed by atoms with E-state index in [2.05, 4.69) is 78.8 Å². The van der Waals surface area contributed by atoms with Crippen molar-refractivity contribution in [2.75, 3.05) is 0 Å². The minimum absolute atomic E-state index is 0.463. The first-order valence-corrected chi connectivity index (χ1v) is 28.3. The van der Waals surface area contributed by atoms with E-state index in [-0.39, 0.29) is 0 Å². The van der Waals surface area contributed by atoms with Crippen LogP contribution >= 0.6 is 0 Å². The standard InChI is InChI=1S/C14H24O.2C13H22O.C12H20O.C11H18O/c1-14(2,3)13-9-7-12(8-10-13)6-4-5-11-15;1-11-8-12(6-4-5-7-14)10-13(2,3)9-11;14-12-8-4-3-7-11-13-9-5-1-2-6-10-13;13-11-7-6-10-12-8-4-2-1-3-5-9-12;1-10-5-7-11(8-6-10)4-2-3-9-12/h6,11,13H,4-5,7-10H2,1-3H3;6-7,11H,4-5,8-10H2,1-3H3;11-12H,1-10H2;10-11H,1-9H2;4,9-10H,2-3,5-8H2,1H3. The Bertz CT molecular complexity index is 1460.